The Morgan fingerprint density at radius 2 is 2.04 bits per heavy atom. The molecule has 1 unspecified atom stereocenters. The van der Waals surface area contributed by atoms with Gasteiger partial charge in [-0.3, -0.25) is 9.69 Å². The van der Waals surface area contributed by atoms with Crippen LogP contribution in [-0.2, 0) is 4.79 Å². The van der Waals surface area contributed by atoms with Gasteiger partial charge in [-0.2, -0.15) is 5.26 Å². The lowest BCUT2D eigenvalue weighted by atomic mass is 10.0. The summed E-state index contributed by atoms with van der Waals surface area (Å²) in [6, 6.07) is 17.6. The van der Waals surface area contributed by atoms with E-state index in [0.29, 0.717) is 25.6 Å². The summed E-state index contributed by atoms with van der Waals surface area (Å²) in [6.07, 6.45) is 2.67. The molecule has 2 aromatic carbocycles. The van der Waals surface area contributed by atoms with Crippen LogP contribution in [0.1, 0.15) is 37.8 Å². The zero-order chi connectivity index (χ0) is 16.9. The number of nitrogens with one attached hydrogen (secondary N) is 1. The number of hydrogen-bond donors (Lipinski definition) is 1. The third kappa shape index (κ3) is 3.93. The molecule has 1 atom stereocenters. The van der Waals surface area contributed by atoms with Gasteiger partial charge in [0.1, 0.15) is 0 Å². The number of fused-ring (bicyclic) bond motifs is 1. The van der Waals surface area contributed by atoms with Crippen LogP contribution in [-0.4, -0.2) is 29.9 Å². The summed E-state index contributed by atoms with van der Waals surface area (Å²) >= 11 is 0. The van der Waals surface area contributed by atoms with Gasteiger partial charge >= 0.3 is 0 Å². The maximum atomic E-state index is 12.1. The zero-order valence-electron chi connectivity index (χ0n) is 14.0. The van der Waals surface area contributed by atoms with Gasteiger partial charge in [0, 0.05) is 18.6 Å². The van der Waals surface area contributed by atoms with Crippen LogP contribution in [0.25, 0.3) is 10.8 Å². The molecule has 1 amide bonds. The van der Waals surface area contributed by atoms with Gasteiger partial charge in [-0.05, 0) is 42.2 Å². The number of nitrogens with zero attached hydrogens (tertiary/aromatic N) is 2. The maximum absolute atomic E-state index is 12.1. The van der Waals surface area contributed by atoms with Crippen molar-refractivity contribution in [3.63, 3.8) is 0 Å². The highest BCUT2D eigenvalue weighted by atomic mass is 16.2. The molecule has 0 aliphatic heterocycles. The van der Waals surface area contributed by atoms with Crippen LogP contribution in [0.15, 0.2) is 42.5 Å². The molecule has 3 rings (SSSR count). The van der Waals surface area contributed by atoms with Crippen molar-refractivity contribution in [2.75, 3.05) is 13.1 Å². The van der Waals surface area contributed by atoms with Crippen molar-refractivity contribution in [1.82, 2.24) is 10.2 Å². The Morgan fingerprint density at radius 3 is 2.75 bits per heavy atom. The summed E-state index contributed by atoms with van der Waals surface area (Å²) in [4.78, 5) is 14.4. The molecule has 1 aliphatic rings. The number of nitriles is 1. The fraction of sp³-hybridized carbons (Fsp3) is 0.400. The molecule has 1 saturated carbocycles. The average molecular weight is 321 g/mol. The molecule has 4 nitrogen and oxygen atoms in total. The predicted molar refractivity (Wildman–Crippen MR) is 95.3 cm³/mol. The van der Waals surface area contributed by atoms with E-state index in [1.165, 1.54) is 16.3 Å². The van der Waals surface area contributed by atoms with Crippen LogP contribution in [0, 0.1) is 11.3 Å². The third-order valence-corrected chi connectivity index (χ3v) is 4.65. The first-order valence-corrected chi connectivity index (χ1v) is 8.57. The molecular weight excluding hydrogens is 298 g/mol. The Kier molecular flexibility index (Phi) is 5.12. The Balaban J connectivity index is 1.72. The molecule has 124 valence electrons. The third-order valence-electron chi connectivity index (χ3n) is 4.65. The maximum Gasteiger partial charge on any atom is 0.234 e. The Labute approximate surface area is 143 Å². The summed E-state index contributed by atoms with van der Waals surface area (Å²) in [5, 5.41) is 13.9. The molecule has 2 aromatic rings. The van der Waals surface area contributed by atoms with E-state index in [-0.39, 0.29) is 11.9 Å². The molecule has 0 aromatic heterocycles. The lowest BCUT2D eigenvalue weighted by Gasteiger charge is -2.29. The summed E-state index contributed by atoms with van der Waals surface area (Å²) in [5.74, 6) is 0.00443. The molecule has 1 N–H and O–H groups in total. The zero-order valence-corrected chi connectivity index (χ0v) is 14.0. The Morgan fingerprint density at radius 1 is 1.29 bits per heavy atom. The van der Waals surface area contributed by atoms with E-state index in [4.69, 9.17) is 5.26 Å². The Bertz CT molecular complexity index is 761. The van der Waals surface area contributed by atoms with Crippen molar-refractivity contribution in [2.24, 2.45) is 0 Å². The lowest BCUT2D eigenvalue weighted by molar-refractivity contribution is -0.122. The number of carbonyl (C=O) groups is 1. The monoisotopic (exact) mass is 321 g/mol. The molecule has 0 radical (unpaired) electrons. The highest BCUT2D eigenvalue weighted by molar-refractivity contribution is 5.83. The summed E-state index contributed by atoms with van der Waals surface area (Å²) in [6.45, 7) is 2.99. The van der Waals surface area contributed by atoms with Gasteiger partial charge in [0.2, 0.25) is 5.91 Å². The van der Waals surface area contributed by atoms with E-state index >= 15 is 0 Å². The van der Waals surface area contributed by atoms with Gasteiger partial charge in [-0.25, -0.2) is 0 Å². The van der Waals surface area contributed by atoms with E-state index in [9.17, 15) is 4.79 Å². The fourth-order valence-corrected chi connectivity index (χ4v) is 3.13. The second kappa shape index (κ2) is 7.46. The number of rotatable bonds is 7. The largest absolute Gasteiger partial charge is 0.354 e. The van der Waals surface area contributed by atoms with Crippen molar-refractivity contribution in [2.45, 2.75) is 38.3 Å². The fourth-order valence-electron chi connectivity index (χ4n) is 3.13. The number of hydrogen-bond acceptors (Lipinski definition) is 3. The molecule has 4 heteroatoms. The van der Waals surface area contributed by atoms with E-state index in [1.807, 2.05) is 12.1 Å². The average Bonchev–Trinajstić information content (AvgIpc) is 3.44. The Hall–Kier alpha value is -2.38. The minimum absolute atomic E-state index is 0.00443. The molecule has 0 spiro atoms. The quantitative estimate of drug-likeness (QED) is 0.795. The second-order valence-electron chi connectivity index (χ2n) is 6.44. The van der Waals surface area contributed by atoms with E-state index in [1.54, 1.807) is 0 Å². The van der Waals surface area contributed by atoms with Crippen LogP contribution in [0.2, 0.25) is 0 Å². The molecule has 1 fully saturated rings. The minimum Gasteiger partial charge on any atom is -0.354 e. The van der Waals surface area contributed by atoms with Crippen LogP contribution in [0.5, 0.6) is 0 Å². The van der Waals surface area contributed by atoms with Crippen molar-refractivity contribution < 1.29 is 4.79 Å². The van der Waals surface area contributed by atoms with Crippen LogP contribution in [0.3, 0.4) is 0 Å². The minimum atomic E-state index is 0.00443. The first-order chi connectivity index (χ1) is 11.7. The summed E-state index contributed by atoms with van der Waals surface area (Å²) in [5.41, 5.74) is 1.24. The molecule has 24 heavy (non-hydrogen) atoms. The standard InChI is InChI=1S/C20H23N3O/c1-15(17-8-7-16-5-2-3-6-18(16)13-17)23(19-9-10-19)14-20(24)22-12-4-11-21/h2-3,5-8,13,15,19H,4,9-10,12,14H2,1H3,(H,22,24). The predicted octanol–water partition coefficient (Wildman–Crippen LogP) is 3.40. The van der Waals surface area contributed by atoms with E-state index in [2.05, 4.69) is 53.5 Å². The van der Waals surface area contributed by atoms with Crippen LogP contribution >= 0.6 is 0 Å². The van der Waals surface area contributed by atoms with Crippen molar-refractivity contribution >= 4 is 16.7 Å². The molecule has 0 heterocycles. The number of carbonyl (C=O) groups excluding carboxylic acids is 1. The highest BCUT2D eigenvalue weighted by Crippen LogP contribution is 2.34. The number of benzene rings is 2. The number of amides is 1. The van der Waals surface area contributed by atoms with Gasteiger partial charge in [-0.1, -0.05) is 36.4 Å². The van der Waals surface area contributed by atoms with Gasteiger partial charge < -0.3 is 5.32 Å². The van der Waals surface area contributed by atoms with Crippen molar-refractivity contribution in [3.05, 3.63) is 48.0 Å². The summed E-state index contributed by atoms with van der Waals surface area (Å²) < 4.78 is 0. The molecule has 0 bridgehead atoms. The smallest absolute Gasteiger partial charge is 0.234 e. The van der Waals surface area contributed by atoms with Gasteiger partial charge in [-0.15, -0.1) is 0 Å². The molecule has 1 aliphatic carbocycles. The lowest BCUT2D eigenvalue weighted by Crippen LogP contribution is -2.40. The van der Waals surface area contributed by atoms with Gasteiger partial charge in [0.15, 0.2) is 0 Å². The first-order valence-electron chi connectivity index (χ1n) is 8.57. The van der Waals surface area contributed by atoms with Gasteiger partial charge in [0.05, 0.1) is 19.0 Å². The van der Waals surface area contributed by atoms with E-state index < -0.39 is 0 Å². The highest BCUT2D eigenvalue weighted by Gasteiger charge is 2.33. The molecule has 0 saturated heterocycles. The second-order valence-corrected chi connectivity index (χ2v) is 6.44. The van der Waals surface area contributed by atoms with Crippen LogP contribution < -0.4 is 5.32 Å². The van der Waals surface area contributed by atoms with Crippen LogP contribution in [0.4, 0.5) is 0 Å². The molecular formula is C20H23N3O. The SMILES string of the molecule is CC(c1ccc2ccccc2c1)N(CC(=O)NCCC#N)C1CC1. The summed E-state index contributed by atoms with van der Waals surface area (Å²) in [7, 11) is 0. The normalized spacial score (nSPS) is 15.2. The first kappa shape index (κ1) is 16.5. The van der Waals surface area contributed by atoms with E-state index in [0.717, 1.165) is 12.8 Å². The topological polar surface area (TPSA) is 56.1 Å². The van der Waals surface area contributed by atoms with Crippen molar-refractivity contribution in [3.8, 4) is 6.07 Å². The van der Waals surface area contributed by atoms with Crippen molar-refractivity contribution in [1.29, 1.82) is 5.26 Å². The van der Waals surface area contributed by atoms with Gasteiger partial charge in [0.25, 0.3) is 0 Å².